The van der Waals surface area contributed by atoms with Gasteiger partial charge < -0.3 is 9.30 Å². The number of benzene rings is 1. The number of hydrogen-bond acceptors (Lipinski definition) is 3. The molecule has 1 atom stereocenters. The van der Waals surface area contributed by atoms with Crippen LogP contribution in [0.3, 0.4) is 0 Å². The van der Waals surface area contributed by atoms with Crippen molar-refractivity contribution in [2.24, 2.45) is 0 Å². The number of likely N-dealkylation sites (tertiary alicyclic amines) is 1. The minimum absolute atomic E-state index is 0.684. The average molecular weight is 330 g/mol. The Morgan fingerprint density at radius 3 is 2.76 bits per heavy atom. The molecule has 0 bridgehead atoms. The topological polar surface area (TPSA) is 44.3 Å². The Labute approximate surface area is 148 Å². The highest BCUT2D eigenvalue weighted by Crippen LogP contribution is 2.22. The molecule has 1 fully saturated rings. The molecule has 0 aliphatic carbocycles. The van der Waals surface area contributed by atoms with E-state index in [0.717, 1.165) is 35.4 Å². The van der Waals surface area contributed by atoms with Crippen LogP contribution in [0.4, 0.5) is 0 Å². The van der Waals surface area contributed by atoms with Crippen LogP contribution < -0.4 is 0 Å². The molecular weight excluding hydrogens is 308 g/mol. The zero-order valence-corrected chi connectivity index (χ0v) is 14.5. The molecule has 0 unspecified atom stereocenters. The number of hydrogen-bond donors (Lipinski definition) is 0. The molecule has 0 spiro atoms. The van der Waals surface area contributed by atoms with E-state index in [2.05, 4.69) is 46.8 Å². The molecule has 1 aromatic carbocycles. The first-order valence-corrected chi connectivity index (χ1v) is 8.95. The summed E-state index contributed by atoms with van der Waals surface area (Å²) in [5.74, 6) is 0. The highest BCUT2D eigenvalue weighted by Gasteiger charge is 2.19. The standard InChI is InChI=1S/C21H22N4/c1-16-3-2-10-24(16)12-9-20-15-25-11-8-19(13-21(25)23-20)18-6-4-17(14-22)5-7-18/h4-8,11,13,15-16H,2-3,9-10,12H2,1H3/t16-/m1/s1. The lowest BCUT2D eigenvalue weighted by Crippen LogP contribution is -2.29. The van der Waals surface area contributed by atoms with Crippen molar-refractivity contribution < 1.29 is 0 Å². The van der Waals surface area contributed by atoms with Gasteiger partial charge in [-0.15, -0.1) is 0 Å². The van der Waals surface area contributed by atoms with E-state index in [1.54, 1.807) is 0 Å². The van der Waals surface area contributed by atoms with Gasteiger partial charge in [-0.3, -0.25) is 0 Å². The molecule has 3 heterocycles. The molecule has 0 radical (unpaired) electrons. The molecule has 1 aliphatic rings. The normalized spacial score (nSPS) is 17.8. The van der Waals surface area contributed by atoms with E-state index >= 15 is 0 Å². The number of nitriles is 1. The molecule has 0 N–H and O–H groups in total. The summed E-state index contributed by atoms with van der Waals surface area (Å²) in [6.45, 7) is 4.63. The maximum absolute atomic E-state index is 8.92. The van der Waals surface area contributed by atoms with E-state index in [4.69, 9.17) is 10.2 Å². The Balaban J connectivity index is 1.53. The monoisotopic (exact) mass is 330 g/mol. The van der Waals surface area contributed by atoms with Crippen LogP contribution in [-0.2, 0) is 6.42 Å². The van der Waals surface area contributed by atoms with Crippen LogP contribution in [0.2, 0.25) is 0 Å². The molecule has 1 aliphatic heterocycles. The van der Waals surface area contributed by atoms with Crippen molar-refractivity contribution in [2.45, 2.75) is 32.2 Å². The van der Waals surface area contributed by atoms with Gasteiger partial charge in [0.25, 0.3) is 0 Å². The number of rotatable bonds is 4. The van der Waals surface area contributed by atoms with Gasteiger partial charge in [0.1, 0.15) is 5.65 Å². The Bertz CT molecular complexity index is 917. The molecule has 4 heteroatoms. The van der Waals surface area contributed by atoms with Gasteiger partial charge >= 0.3 is 0 Å². The highest BCUT2D eigenvalue weighted by atomic mass is 15.2. The summed E-state index contributed by atoms with van der Waals surface area (Å²) >= 11 is 0. The largest absolute Gasteiger partial charge is 0.307 e. The van der Waals surface area contributed by atoms with Crippen LogP contribution in [0.5, 0.6) is 0 Å². The highest BCUT2D eigenvalue weighted by molar-refractivity contribution is 5.68. The van der Waals surface area contributed by atoms with E-state index in [1.165, 1.54) is 19.4 Å². The first-order chi connectivity index (χ1) is 12.2. The van der Waals surface area contributed by atoms with Crippen molar-refractivity contribution in [3.8, 4) is 17.2 Å². The van der Waals surface area contributed by atoms with Gasteiger partial charge in [-0.05, 0) is 61.7 Å². The fourth-order valence-corrected chi connectivity index (χ4v) is 3.65. The second kappa shape index (κ2) is 6.70. The Kier molecular flexibility index (Phi) is 4.25. The van der Waals surface area contributed by atoms with E-state index < -0.39 is 0 Å². The molecule has 2 aromatic heterocycles. The van der Waals surface area contributed by atoms with Gasteiger partial charge in [0.15, 0.2) is 0 Å². The SMILES string of the molecule is C[C@@H]1CCCN1CCc1cn2ccc(-c3ccc(C#N)cc3)cc2n1. The van der Waals surface area contributed by atoms with Gasteiger partial charge in [-0.2, -0.15) is 5.26 Å². The number of imidazole rings is 1. The molecular formula is C21H22N4. The van der Waals surface area contributed by atoms with Crippen molar-refractivity contribution in [2.75, 3.05) is 13.1 Å². The van der Waals surface area contributed by atoms with Crippen molar-refractivity contribution in [3.05, 3.63) is 60.0 Å². The van der Waals surface area contributed by atoms with Gasteiger partial charge in [-0.25, -0.2) is 4.98 Å². The third kappa shape index (κ3) is 3.29. The third-order valence-electron chi connectivity index (χ3n) is 5.20. The molecule has 4 rings (SSSR count). The number of pyridine rings is 1. The van der Waals surface area contributed by atoms with Gasteiger partial charge in [0.2, 0.25) is 0 Å². The summed E-state index contributed by atoms with van der Waals surface area (Å²) in [5.41, 5.74) is 5.05. The lowest BCUT2D eigenvalue weighted by Gasteiger charge is -2.19. The maximum Gasteiger partial charge on any atom is 0.137 e. The fraction of sp³-hybridized carbons (Fsp3) is 0.333. The molecule has 4 nitrogen and oxygen atoms in total. The van der Waals surface area contributed by atoms with Crippen LogP contribution in [0.15, 0.2) is 48.8 Å². The molecule has 0 saturated carbocycles. The summed E-state index contributed by atoms with van der Waals surface area (Å²) in [6, 6.07) is 14.8. The second-order valence-corrected chi connectivity index (χ2v) is 6.88. The minimum Gasteiger partial charge on any atom is -0.307 e. The maximum atomic E-state index is 8.92. The predicted molar refractivity (Wildman–Crippen MR) is 99.3 cm³/mol. The summed E-state index contributed by atoms with van der Waals surface area (Å²) in [5, 5.41) is 8.92. The summed E-state index contributed by atoms with van der Waals surface area (Å²) in [7, 11) is 0. The van der Waals surface area contributed by atoms with Crippen molar-refractivity contribution in [1.82, 2.24) is 14.3 Å². The zero-order valence-electron chi connectivity index (χ0n) is 14.5. The van der Waals surface area contributed by atoms with Crippen LogP contribution in [-0.4, -0.2) is 33.4 Å². The molecule has 1 saturated heterocycles. The smallest absolute Gasteiger partial charge is 0.137 e. The summed E-state index contributed by atoms with van der Waals surface area (Å²) in [4.78, 5) is 7.36. The first-order valence-electron chi connectivity index (χ1n) is 8.95. The number of fused-ring (bicyclic) bond motifs is 1. The average Bonchev–Trinajstić information content (AvgIpc) is 3.24. The lowest BCUT2D eigenvalue weighted by molar-refractivity contribution is 0.271. The van der Waals surface area contributed by atoms with Gasteiger partial charge in [0, 0.05) is 31.4 Å². The van der Waals surface area contributed by atoms with Gasteiger partial charge in [0.05, 0.1) is 17.3 Å². The van der Waals surface area contributed by atoms with E-state index in [9.17, 15) is 0 Å². The second-order valence-electron chi connectivity index (χ2n) is 6.88. The van der Waals surface area contributed by atoms with Crippen LogP contribution >= 0.6 is 0 Å². The van der Waals surface area contributed by atoms with Crippen LogP contribution in [0.1, 0.15) is 31.0 Å². The quantitative estimate of drug-likeness (QED) is 0.729. The number of aromatic nitrogens is 2. The summed E-state index contributed by atoms with van der Waals surface area (Å²) in [6.07, 6.45) is 7.84. The van der Waals surface area contributed by atoms with E-state index in [0.29, 0.717) is 11.6 Å². The molecule has 25 heavy (non-hydrogen) atoms. The lowest BCUT2D eigenvalue weighted by atomic mass is 10.1. The van der Waals surface area contributed by atoms with Gasteiger partial charge in [-0.1, -0.05) is 12.1 Å². The fourth-order valence-electron chi connectivity index (χ4n) is 3.65. The van der Waals surface area contributed by atoms with Crippen LogP contribution in [0, 0.1) is 11.3 Å². The molecule has 0 amide bonds. The van der Waals surface area contributed by atoms with Crippen molar-refractivity contribution in [1.29, 1.82) is 5.26 Å². The molecule has 126 valence electrons. The van der Waals surface area contributed by atoms with Crippen molar-refractivity contribution in [3.63, 3.8) is 0 Å². The van der Waals surface area contributed by atoms with Crippen molar-refractivity contribution >= 4 is 5.65 Å². The Hall–Kier alpha value is -2.64. The minimum atomic E-state index is 0.684. The van der Waals surface area contributed by atoms with E-state index in [1.807, 2.05) is 24.3 Å². The first kappa shape index (κ1) is 15.9. The third-order valence-corrected chi connectivity index (χ3v) is 5.20. The summed E-state index contributed by atoms with van der Waals surface area (Å²) < 4.78 is 2.09. The molecule has 3 aromatic rings. The predicted octanol–water partition coefficient (Wildman–Crippen LogP) is 3.90. The Morgan fingerprint density at radius 2 is 2.04 bits per heavy atom. The zero-order chi connectivity index (χ0) is 17.2. The Morgan fingerprint density at radius 1 is 1.20 bits per heavy atom. The number of nitrogens with zero attached hydrogens (tertiary/aromatic N) is 4. The van der Waals surface area contributed by atoms with E-state index in [-0.39, 0.29) is 0 Å². The van der Waals surface area contributed by atoms with Crippen LogP contribution in [0.25, 0.3) is 16.8 Å².